The lowest BCUT2D eigenvalue weighted by molar-refractivity contribution is -0.149. The first kappa shape index (κ1) is 22.9. The van der Waals surface area contributed by atoms with E-state index >= 15 is 0 Å². The number of esters is 3. The minimum absolute atomic E-state index is 0.117. The van der Waals surface area contributed by atoms with Crippen molar-refractivity contribution in [2.24, 2.45) is 0 Å². The van der Waals surface area contributed by atoms with Crippen LogP contribution < -0.4 is 0 Å². The smallest absolute Gasteiger partial charge is 0.333 e. The van der Waals surface area contributed by atoms with Crippen molar-refractivity contribution in [3.8, 4) is 0 Å². The number of carbonyl (C=O) groups excluding carboxylic acids is 3. The lowest BCUT2D eigenvalue weighted by Gasteiger charge is -2.15. The molecule has 0 fully saturated rings. The summed E-state index contributed by atoms with van der Waals surface area (Å²) < 4.78 is 15.0. The molecule has 0 radical (unpaired) electrons. The van der Waals surface area contributed by atoms with Crippen LogP contribution in [-0.4, -0.2) is 41.8 Å². The standard InChI is InChI=1S/C18H28O7/c1-6-15(20)16(25-14(5)19)10-9-13(4)24-17(21)8-7-11-23-18(22)12(2)3/h10,13,15,20H,2,6-9,11H2,1,3-5H3/b16-10+. The average Bonchev–Trinajstić information content (AvgIpc) is 2.53. The maximum Gasteiger partial charge on any atom is 0.333 e. The lowest BCUT2D eigenvalue weighted by atomic mass is 10.1. The highest BCUT2D eigenvalue weighted by atomic mass is 16.6. The lowest BCUT2D eigenvalue weighted by Crippen LogP contribution is -2.17. The highest BCUT2D eigenvalue weighted by Gasteiger charge is 2.14. The number of ether oxygens (including phenoxy) is 3. The summed E-state index contributed by atoms with van der Waals surface area (Å²) in [5.41, 5.74) is 0.306. The molecule has 0 aromatic carbocycles. The normalized spacial score (nSPS) is 13.6. The van der Waals surface area contributed by atoms with Crippen molar-refractivity contribution >= 4 is 17.9 Å². The highest BCUT2D eigenvalue weighted by molar-refractivity contribution is 5.86. The summed E-state index contributed by atoms with van der Waals surface area (Å²) in [5.74, 6) is -1.27. The fourth-order valence-electron chi connectivity index (χ4n) is 1.73. The molecule has 1 N–H and O–H groups in total. The quantitative estimate of drug-likeness (QED) is 0.199. The van der Waals surface area contributed by atoms with Crippen LogP contribution in [0.15, 0.2) is 24.0 Å². The molecule has 0 saturated carbocycles. The van der Waals surface area contributed by atoms with Gasteiger partial charge in [0.25, 0.3) is 0 Å². The molecule has 0 aliphatic rings. The fraction of sp³-hybridized carbons (Fsp3) is 0.611. The molecule has 142 valence electrons. The molecule has 0 saturated heterocycles. The number of hydrogen-bond donors (Lipinski definition) is 1. The Morgan fingerprint density at radius 1 is 1.24 bits per heavy atom. The Bertz CT molecular complexity index is 508. The van der Waals surface area contributed by atoms with Crippen molar-refractivity contribution in [1.29, 1.82) is 0 Å². The van der Waals surface area contributed by atoms with Gasteiger partial charge in [-0.2, -0.15) is 0 Å². The minimum Gasteiger partial charge on any atom is -0.462 e. The van der Waals surface area contributed by atoms with Gasteiger partial charge in [0.2, 0.25) is 0 Å². The van der Waals surface area contributed by atoms with Crippen molar-refractivity contribution in [2.75, 3.05) is 6.61 Å². The van der Waals surface area contributed by atoms with Crippen LogP contribution in [-0.2, 0) is 28.6 Å². The van der Waals surface area contributed by atoms with Crippen LogP contribution in [0.25, 0.3) is 0 Å². The first-order valence-corrected chi connectivity index (χ1v) is 8.26. The molecule has 2 atom stereocenters. The van der Waals surface area contributed by atoms with Crippen molar-refractivity contribution in [3.05, 3.63) is 24.0 Å². The van der Waals surface area contributed by atoms with Crippen molar-refractivity contribution in [1.82, 2.24) is 0 Å². The summed E-state index contributed by atoms with van der Waals surface area (Å²) in [4.78, 5) is 33.9. The molecule has 0 aromatic rings. The van der Waals surface area contributed by atoms with Crippen LogP contribution >= 0.6 is 0 Å². The van der Waals surface area contributed by atoms with E-state index in [0.29, 0.717) is 24.8 Å². The van der Waals surface area contributed by atoms with E-state index in [-0.39, 0.29) is 18.8 Å². The Kier molecular flexibility index (Phi) is 11.2. The first-order valence-electron chi connectivity index (χ1n) is 8.26. The molecule has 7 nitrogen and oxygen atoms in total. The molecule has 25 heavy (non-hydrogen) atoms. The van der Waals surface area contributed by atoms with E-state index in [9.17, 15) is 19.5 Å². The largest absolute Gasteiger partial charge is 0.462 e. The van der Waals surface area contributed by atoms with Gasteiger partial charge >= 0.3 is 17.9 Å². The van der Waals surface area contributed by atoms with Crippen LogP contribution in [0.4, 0.5) is 0 Å². The number of carbonyl (C=O) groups is 3. The zero-order valence-corrected chi connectivity index (χ0v) is 15.4. The Labute approximate surface area is 148 Å². The summed E-state index contributed by atoms with van der Waals surface area (Å²) in [6.07, 6.45) is 1.39. The van der Waals surface area contributed by atoms with Crippen LogP contribution in [0.3, 0.4) is 0 Å². The van der Waals surface area contributed by atoms with E-state index in [1.54, 1.807) is 26.8 Å². The van der Waals surface area contributed by atoms with Gasteiger partial charge in [0.1, 0.15) is 18.0 Å². The van der Waals surface area contributed by atoms with Gasteiger partial charge in [-0.15, -0.1) is 0 Å². The van der Waals surface area contributed by atoms with Crippen LogP contribution in [0, 0.1) is 0 Å². The van der Waals surface area contributed by atoms with E-state index in [0.717, 1.165) is 0 Å². The molecule has 0 bridgehead atoms. The van der Waals surface area contributed by atoms with Crippen molar-refractivity contribution in [2.45, 2.75) is 65.6 Å². The molecule has 0 heterocycles. The van der Waals surface area contributed by atoms with Gasteiger partial charge in [-0.1, -0.05) is 13.5 Å². The number of hydrogen-bond acceptors (Lipinski definition) is 7. The number of aliphatic hydroxyl groups is 1. The summed E-state index contributed by atoms with van der Waals surface area (Å²) >= 11 is 0. The summed E-state index contributed by atoms with van der Waals surface area (Å²) in [7, 11) is 0. The SMILES string of the molecule is C=C(C)C(=O)OCCCC(=O)OC(C)C/C=C(/OC(C)=O)C(O)CC. The molecule has 2 unspecified atom stereocenters. The summed E-state index contributed by atoms with van der Waals surface area (Å²) in [6, 6.07) is 0. The van der Waals surface area contributed by atoms with Crippen LogP contribution in [0.2, 0.25) is 0 Å². The maximum atomic E-state index is 11.7. The maximum absolute atomic E-state index is 11.7. The Morgan fingerprint density at radius 3 is 2.40 bits per heavy atom. The Balaban J connectivity index is 4.25. The Morgan fingerprint density at radius 2 is 1.88 bits per heavy atom. The Hall–Kier alpha value is -2.15. The second-order valence-electron chi connectivity index (χ2n) is 5.68. The predicted molar refractivity (Wildman–Crippen MR) is 91.3 cm³/mol. The number of aliphatic hydroxyl groups excluding tert-OH is 1. The van der Waals surface area contributed by atoms with Crippen LogP contribution in [0.5, 0.6) is 0 Å². The fourth-order valence-corrected chi connectivity index (χ4v) is 1.73. The number of rotatable bonds is 11. The van der Waals surface area contributed by atoms with E-state index in [1.807, 2.05) is 0 Å². The molecule has 0 aliphatic carbocycles. The van der Waals surface area contributed by atoms with E-state index in [1.165, 1.54) is 6.92 Å². The highest BCUT2D eigenvalue weighted by Crippen LogP contribution is 2.12. The second kappa shape index (κ2) is 12.2. The first-order chi connectivity index (χ1) is 11.7. The van der Waals surface area contributed by atoms with Gasteiger partial charge < -0.3 is 19.3 Å². The summed E-state index contributed by atoms with van der Waals surface area (Å²) in [6.45, 7) is 9.82. The third-order valence-corrected chi connectivity index (χ3v) is 3.07. The van der Waals surface area contributed by atoms with E-state index in [2.05, 4.69) is 6.58 Å². The van der Waals surface area contributed by atoms with Crippen molar-refractivity contribution in [3.63, 3.8) is 0 Å². The molecule has 0 aromatic heterocycles. The minimum atomic E-state index is -0.880. The van der Waals surface area contributed by atoms with Gasteiger partial charge in [-0.25, -0.2) is 4.79 Å². The molecular formula is C18H28O7. The van der Waals surface area contributed by atoms with E-state index in [4.69, 9.17) is 14.2 Å². The molecule has 7 heteroatoms. The van der Waals surface area contributed by atoms with Gasteiger partial charge in [-0.05, 0) is 32.8 Å². The zero-order valence-electron chi connectivity index (χ0n) is 15.4. The monoisotopic (exact) mass is 356 g/mol. The van der Waals surface area contributed by atoms with Crippen LogP contribution in [0.1, 0.15) is 53.4 Å². The molecule has 0 spiro atoms. The third-order valence-electron chi connectivity index (χ3n) is 3.07. The molecule has 0 aliphatic heterocycles. The van der Waals surface area contributed by atoms with Crippen molar-refractivity contribution < 1.29 is 33.7 Å². The zero-order chi connectivity index (χ0) is 19.4. The van der Waals surface area contributed by atoms with Gasteiger partial charge in [0.15, 0.2) is 0 Å². The molecular weight excluding hydrogens is 328 g/mol. The summed E-state index contributed by atoms with van der Waals surface area (Å²) in [5, 5.41) is 9.79. The average molecular weight is 356 g/mol. The molecule has 0 rings (SSSR count). The van der Waals surface area contributed by atoms with Gasteiger partial charge in [0, 0.05) is 25.3 Å². The third kappa shape index (κ3) is 11.1. The topological polar surface area (TPSA) is 99.1 Å². The van der Waals surface area contributed by atoms with Gasteiger partial charge in [0.05, 0.1) is 6.61 Å². The molecule has 0 amide bonds. The van der Waals surface area contributed by atoms with Gasteiger partial charge in [-0.3, -0.25) is 9.59 Å². The van der Waals surface area contributed by atoms with E-state index < -0.39 is 30.1 Å². The predicted octanol–water partition coefficient (Wildman–Crippen LogP) is 2.43. The second-order valence-corrected chi connectivity index (χ2v) is 5.68.